The van der Waals surface area contributed by atoms with E-state index >= 15 is 0 Å². The molecule has 19 heavy (non-hydrogen) atoms. The molecular weight excluding hydrogens is 240 g/mol. The molecule has 0 unspecified atom stereocenters. The Morgan fingerprint density at radius 2 is 2.16 bits per heavy atom. The Hall–Kier alpha value is -1.94. The quantitative estimate of drug-likeness (QED) is 0.895. The molecule has 1 N–H and O–H groups in total. The zero-order valence-electron chi connectivity index (χ0n) is 11.3. The highest BCUT2D eigenvalue weighted by molar-refractivity contribution is 5.32. The van der Waals surface area contributed by atoms with E-state index in [4.69, 9.17) is 4.74 Å². The van der Waals surface area contributed by atoms with Crippen molar-refractivity contribution in [1.29, 1.82) is 0 Å². The summed E-state index contributed by atoms with van der Waals surface area (Å²) >= 11 is 0. The second-order valence-corrected chi connectivity index (χ2v) is 4.40. The van der Waals surface area contributed by atoms with Crippen LogP contribution >= 0.6 is 0 Å². The highest BCUT2D eigenvalue weighted by Gasteiger charge is 2.06. The molecule has 0 saturated carbocycles. The monoisotopic (exact) mass is 258 g/mol. The van der Waals surface area contributed by atoms with Crippen LogP contribution in [0.3, 0.4) is 0 Å². The Bertz CT molecular complexity index is 556. The van der Waals surface area contributed by atoms with Crippen LogP contribution in [0.5, 0.6) is 11.6 Å². The maximum Gasteiger partial charge on any atom is 0.219 e. The molecule has 0 bridgehead atoms. The van der Waals surface area contributed by atoms with Gasteiger partial charge in [0.1, 0.15) is 0 Å². The molecular formula is C15H18N2O2. The van der Waals surface area contributed by atoms with E-state index in [2.05, 4.69) is 16.9 Å². The smallest absolute Gasteiger partial charge is 0.219 e. The maximum atomic E-state index is 9.28. The van der Waals surface area contributed by atoms with Crippen molar-refractivity contribution in [2.75, 3.05) is 0 Å². The first-order valence-corrected chi connectivity index (χ1v) is 6.43. The van der Waals surface area contributed by atoms with E-state index in [1.807, 2.05) is 25.1 Å². The molecule has 0 atom stereocenters. The summed E-state index contributed by atoms with van der Waals surface area (Å²) in [5, 5.41) is 9.28. The van der Waals surface area contributed by atoms with Gasteiger partial charge in [0, 0.05) is 18.0 Å². The molecule has 0 aliphatic carbocycles. The van der Waals surface area contributed by atoms with Crippen molar-refractivity contribution in [3.63, 3.8) is 0 Å². The Morgan fingerprint density at radius 1 is 1.32 bits per heavy atom. The fourth-order valence-electron chi connectivity index (χ4n) is 1.84. The summed E-state index contributed by atoms with van der Waals surface area (Å²) in [4.78, 5) is 8.62. The van der Waals surface area contributed by atoms with Gasteiger partial charge in [-0.05, 0) is 37.1 Å². The van der Waals surface area contributed by atoms with E-state index in [-0.39, 0.29) is 6.61 Å². The fraction of sp³-hybridized carbons (Fsp3) is 0.333. The first kappa shape index (κ1) is 13.5. The van der Waals surface area contributed by atoms with Crippen LogP contribution in [0.2, 0.25) is 0 Å². The van der Waals surface area contributed by atoms with Gasteiger partial charge >= 0.3 is 0 Å². The molecule has 0 fully saturated rings. The van der Waals surface area contributed by atoms with Crippen LogP contribution in [0.15, 0.2) is 30.5 Å². The molecule has 100 valence electrons. The summed E-state index contributed by atoms with van der Waals surface area (Å²) in [6.45, 7) is 3.97. The van der Waals surface area contributed by atoms with Crippen LogP contribution < -0.4 is 4.74 Å². The van der Waals surface area contributed by atoms with Crippen molar-refractivity contribution in [3.05, 3.63) is 47.4 Å². The third kappa shape index (κ3) is 3.51. The van der Waals surface area contributed by atoms with Gasteiger partial charge in [0.15, 0.2) is 5.75 Å². The Labute approximate surface area is 113 Å². The molecule has 2 rings (SSSR count). The maximum absolute atomic E-state index is 9.28. The summed E-state index contributed by atoms with van der Waals surface area (Å²) in [5.74, 6) is 1.19. The van der Waals surface area contributed by atoms with E-state index in [0.717, 1.165) is 29.8 Å². The SMILES string of the molecule is CCCc1cc(CO)cc(Oc2cccnc2C)n1. The topological polar surface area (TPSA) is 55.2 Å². The molecule has 4 nitrogen and oxygen atoms in total. The van der Waals surface area contributed by atoms with E-state index in [9.17, 15) is 5.11 Å². The van der Waals surface area contributed by atoms with Crippen LogP contribution in [-0.2, 0) is 13.0 Å². The van der Waals surface area contributed by atoms with Gasteiger partial charge in [-0.1, -0.05) is 13.3 Å². The van der Waals surface area contributed by atoms with Crippen LogP contribution in [0.1, 0.15) is 30.3 Å². The highest BCUT2D eigenvalue weighted by Crippen LogP contribution is 2.23. The summed E-state index contributed by atoms with van der Waals surface area (Å²) < 4.78 is 5.75. The molecule has 0 radical (unpaired) electrons. The lowest BCUT2D eigenvalue weighted by atomic mass is 10.2. The minimum absolute atomic E-state index is 0.0123. The Kier molecular flexibility index (Phi) is 4.47. The molecule has 2 heterocycles. The Balaban J connectivity index is 2.29. The van der Waals surface area contributed by atoms with Gasteiger partial charge in [0.25, 0.3) is 0 Å². The lowest BCUT2D eigenvalue weighted by molar-refractivity contribution is 0.280. The van der Waals surface area contributed by atoms with Crippen molar-refractivity contribution >= 4 is 0 Å². The van der Waals surface area contributed by atoms with Crippen molar-refractivity contribution in [2.24, 2.45) is 0 Å². The van der Waals surface area contributed by atoms with Crippen LogP contribution in [0, 0.1) is 6.92 Å². The second-order valence-electron chi connectivity index (χ2n) is 4.40. The number of hydrogen-bond donors (Lipinski definition) is 1. The van der Waals surface area contributed by atoms with Crippen LogP contribution in [0.25, 0.3) is 0 Å². The van der Waals surface area contributed by atoms with E-state index in [1.54, 1.807) is 12.3 Å². The highest BCUT2D eigenvalue weighted by atomic mass is 16.5. The van der Waals surface area contributed by atoms with E-state index in [0.29, 0.717) is 11.6 Å². The van der Waals surface area contributed by atoms with Crippen molar-refractivity contribution in [2.45, 2.75) is 33.3 Å². The molecule has 4 heteroatoms. The summed E-state index contributed by atoms with van der Waals surface area (Å²) in [7, 11) is 0. The number of hydrogen-bond acceptors (Lipinski definition) is 4. The molecule has 2 aromatic rings. The number of rotatable bonds is 5. The third-order valence-electron chi connectivity index (χ3n) is 2.78. The average molecular weight is 258 g/mol. The average Bonchev–Trinajstić information content (AvgIpc) is 2.41. The minimum atomic E-state index is -0.0123. The number of nitrogens with zero attached hydrogens (tertiary/aromatic N) is 2. The number of aryl methyl sites for hydroxylation is 2. The molecule has 0 aliphatic rings. The number of pyridine rings is 2. The number of ether oxygens (including phenoxy) is 1. The first-order chi connectivity index (χ1) is 9.22. The van der Waals surface area contributed by atoms with E-state index in [1.165, 1.54) is 0 Å². The zero-order chi connectivity index (χ0) is 13.7. The summed E-state index contributed by atoms with van der Waals surface area (Å²) in [6, 6.07) is 7.35. The van der Waals surface area contributed by atoms with E-state index < -0.39 is 0 Å². The normalized spacial score (nSPS) is 10.5. The van der Waals surface area contributed by atoms with Crippen molar-refractivity contribution < 1.29 is 9.84 Å². The Morgan fingerprint density at radius 3 is 2.84 bits per heavy atom. The van der Waals surface area contributed by atoms with Crippen LogP contribution in [-0.4, -0.2) is 15.1 Å². The van der Waals surface area contributed by atoms with Gasteiger partial charge in [-0.3, -0.25) is 4.98 Å². The van der Waals surface area contributed by atoms with Crippen molar-refractivity contribution in [1.82, 2.24) is 9.97 Å². The number of aliphatic hydroxyl groups excluding tert-OH is 1. The van der Waals surface area contributed by atoms with Gasteiger partial charge in [-0.2, -0.15) is 0 Å². The second kappa shape index (κ2) is 6.29. The first-order valence-electron chi connectivity index (χ1n) is 6.43. The number of aromatic nitrogens is 2. The predicted molar refractivity (Wildman–Crippen MR) is 73.2 cm³/mol. The molecule has 0 aliphatic heterocycles. The van der Waals surface area contributed by atoms with Gasteiger partial charge < -0.3 is 9.84 Å². The molecule has 0 spiro atoms. The lowest BCUT2D eigenvalue weighted by Gasteiger charge is -2.10. The molecule has 2 aromatic heterocycles. The minimum Gasteiger partial charge on any atom is -0.437 e. The summed E-state index contributed by atoms with van der Waals surface area (Å²) in [5.41, 5.74) is 2.57. The lowest BCUT2D eigenvalue weighted by Crippen LogP contribution is -1.98. The van der Waals surface area contributed by atoms with Crippen molar-refractivity contribution in [3.8, 4) is 11.6 Å². The number of aliphatic hydroxyl groups is 1. The zero-order valence-corrected chi connectivity index (χ0v) is 11.3. The molecule has 0 amide bonds. The van der Waals surface area contributed by atoms with Gasteiger partial charge in [-0.25, -0.2) is 4.98 Å². The largest absolute Gasteiger partial charge is 0.437 e. The molecule has 0 aromatic carbocycles. The standard InChI is InChI=1S/C15H18N2O2/c1-3-5-13-8-12(10-18)9-15(17-13)19-14-6-4-7-16-11(14)2/h4,6-9,18H,3,5,10H2,1-2H3. The van der Waals surface area contributed by atoms with Gasteiger partial charge in [-0.15, -0.1) is 0 Å². The van der Waals surface area contributed by atoms with Gasteiger partial charge in [0.2, 0.25) is 5.88 Å². The fourth-order valence-corrected chi connectivity index (χ4v) is 1.84. The third-order valence-corrected chi connectivity index (χ3v) is 2.78. The predicted octanol–water partition coefficient (Wildman–Crippen LogP) is 3.02. The van der Waals surface area contributed by atoms with Crippen LogP contribution in [0.4, 0.5) is 0 Å². The molecule has 0 saturated heterocycles. The van der Waals surface area contributed by atoms with Gasteiger partial charge in [0.05, 0.1) is 12.3 Å². The summed E-state index contributed by atoms with van der Waals surface area (Å²) in [6.07, 6.45) is 3.60.